The van der Waals surface area contributed by atoms with Gasteiger partial charge in [-0.25, -0.2) is 0 Å². The maximum absolute atomic E-state index is 9.21. The molecule has 0 aliphatic rings. The van der Waals surface area contributed by atoms with Crippen LogP contribution < -0.4 is 0 Å². The lowest BCUT2D eigenvalue weighted by atomic mass is 9.94. The van der Waals surface area contributed by atoms with Crippen LogP contribution >= 0.6 is 0 Å². The van der Waals surface area contributed by atoms with Crippen LogP contribution in [0.3, 0.4) is 0 Å². The van der Waals surface area contributed by atoms with Crippen molar-refractivity contribution in [3.8, 4) is 6.07 Å². The highest BCUT2D eigenvalue weighted by molar-refractivity contribution is 5.39. The van der Waals surface area contributed by atoms with Crippen molar-refractivity contribution in [2.45, 2.75) is 32.1 Å². The Bertz CT molecular complexity index is 829. The van der Waals surface area contributed by atoms with Gasteiger partial charge in [-0.2, -0.15) is 5.26 Å². The number of nitrogens with zero attached hydrogens (tertiary/aromatic N) is 1. The van der Waals surface area contributed by atoms with Gasteiger partial charge >= 0.3 is 0 Å². The van der Waals surface area contributed by atoms with E-state index in [2.05, 4.69) is 66.7 Å². The number of aryl methyl sites for hydroxylation is 4. The van der Waals surface area contributed by atoms with Crippen molar-refractivity contribution in [3.63, 3.8) is 0 Å². The summed E-state index contributed by atoms with van der Waals surface area (Å²) in [5.41, 5.74) is 6.06. The maximum Gasteiger partial charge on any atom is 0.0991 e. The zero-order valence-electron chi connectivity index (χ0n) is 14.3. The molecule has 3 aromatic rings. The first kappa shape index (κ1) is 16.8. The lowest BCUT2D eigenvalue weighted by Gasteiger charge is -2.10. The third-order valence-electron chi connectivity index (χ3n) is 4.49. The Morgan fingerprint density at radius 1 is 0.760 bits per heavy atom. The third-order valence-corrected chi connectivity index (χ3v) is 4.49. The van der Waals surface area contributed by atoms with Gasteiger partial charge in [0.25, 0.3) is 0 Å². The molecule has 0 saturated heterocycles. The molecule has 0 aliphatic carbocycles. The van der Waals surface area contributed by atoms with Gasteiger partial charge in [-0.15, -0.1) is 0 Å². The van der Waals surface area contributed by atoms with Crippen molar-refractivity contribution in [1.82, 2.24) is 0 Å². The van der Waals surface area contributed by atoms with Crippen molar-refractivity contribution >= 4 is 0 Å². The second-order valence-corrected chi connectivity index (χ2v) is 6.28. The van der Waals surface area contributed by atoms with Crippen molar-refractivity contribution in [2.24, 2.45) is 0 Å². The standard InChI is InChI=1S/C24H21N/c25-19-22-15-17-23(16-14-21-10-5-2-6-11-21)24(18-22)13-7-12-20-8-3-1-4-9-20/h2-3,5-6,8-11,15,17-18H,7,12-14,16H2. The van der Waals surface area contributed by atoms with E-state index in [9.17, 15) is 5.26 Å². The number of hydrogen-bond donors (Lipinski definition) is 0. The van der Waals surface area contributed by atoms with E-state index in [1.54, 1.807) is 0 Å². The van der Waals surface area contributed by atoms with Crippen molar-refractivity contribution < 1.29 is 0 Å². The topological polar surface area (TPSA) is 23.8 Å². The van der Waals surface area contributed by atoms with Crippen LogP contribution in [0.15, 0.2) is 66.7 Å². The van der Waals surface area contributed by atoms with Gasteiger partial charge in [-0.05, 0) is 78.6 Å². The first-order valence-electron chi connectivity index (χ1n) is 8.77. The third kappa shape index (κ3) is 4.97. The van der Waals surface area contributed by atoms with E-state index in [4.69, 9.17) is 0 Å². The Kier molecular flexibility index (Phi) is 5.86. The smallest absolute Gasteiger partial charge is 0.0991 e. The van der Waals surface area contributed by atoms with Crippen LogP contribution in [-0.2, 0) is 25.7 Å². The minimum Gasteiger partial charge on any atom is -0.192 e. The summed E-state index contributed by atoms with van der Waals surface area (Å²) in [5.74, 6) is 0. The lowest BCUT2D eigenvalue weighted by molar-refractivity contribution is 0.804. The summed E-state index contributed by atoms with van der Waals surface area (Å²) in [4.78, 5) is 0. The van der Waals surface area contributed by atoms with Crippen LogP contribution in [0.5, 0.6) is 0 Å². The molecule has 122 valence electrons. The van der Waals surface area contributed by atoms with Gasteiger partial charge in [-0.1, -0.05) is 54.6 Å². The van der Waals surface area contributed by atoms with E-state index in [1.807, 2.05) is 18.2 Å². The van der Waals surface area contributed by atoms with E-state index >= 15 is 0 Å². The van der Waals surface area contributed by atoms with Crippen LogP contribution in [0, 0.1) is 23.5 Å². The number of benzene rings is 2. The molecule has 0 saturated carbocycles. The van der Waals surface area contributed by atoms with Crippen LogP contribution in [-0.4, -0.2) is 0 Å². The highest BCUT2D eigenvalue weighted by atomic mass is 14.2. The second kappa shape index (κ2) is 8.72. The van der Waals surface area contributed by atoms with Gasteiger partial charge in [0.15, 0.2) is 0 Å². The molecule has 1 heteroatoms. The van der Waals surface area contributed by atoms with Crippen molar-refractivity contribution in [1.29, 1.82) is 5.26 Å². The average Bonchev–Trinajstić information content (AvgIpc) is 2.68. The van der Waals surface area contributed by atoms with E-state index in [0.29, 0.717) is 0 Å². The first-order chi connectivity index (χ1) is 12.3. The molecule has 0 aromatic heterocycles. The van der Waals surface area contributed by atoms with Crippen LogP contribution in [0.1, 0.15) is 34.2 Å². The average molecular weight is 323 g/mol. The van der Waals surface area contributed by atoms with Crippen LogP contribution in [0.2, 0.25) is 0 Å². The quantitative estimate of drug-likeness (QED) is 0.592. The van der Waals surface area contributed by atoms with Gasteiger partial charge in [0, 0.05) is 0 Å². The normalized spacial score (nSPS) is 10.0. The Morgan fingerprint density at radius 3 is 2.40 bits per heavy atom. The molecule has 0 heterocycles. The van der Waals surface area contributed by atoms with Gasteiger partial charge in [0.2, 0.25) is 0 Å². The first-order valence-corrected chi connectivity index (χ1v) is 8.77. The van der Waals surface area contributed by atoms with E-state index in [0.717, 1.165) is 37.7 Å². The Hall–Kier alpha value is -3.03. The van der Waals surface area contributed by atoms with Gasteiger partial charge in [0.05, 0.1) is 11.6 Å². The minimum atomic E-state index is 0.751. The molecule has 3 aromatic carbocycles. The lowest BCUT2D eigenvalue weighted by Crippen LogP contribution is -1.99. The predicted molar refractivity (Wildman–Crippen MR) is 101 cm³/mol. The molecule has 0 bridgehead atoms. The minimum absolute atomic E-state index is 0.751. The van der Waals surface area contributed by atoms with Crippen molar-refractivity contribution in [2.75, 3.05) is 0 Å². The van der Waals surface area contributed by atoms with E-state index < -0.39 is 0 Å². The maximum atomic E-state index is 9.21. The summed E-state index contributed by atoms with van der Waals surface area (Å²) in [6.45, 7) is 0. The highest BCUT2D eigenvalue weighted by Crippen LogP contribution is 2.18. The summed E-state index contributed by atoms with van der Waals surface area (Å²) in [5, 5.41) is 9.21. The highest BCUT2D eigenvalue weighted by Gasteiger charge is 2.06. The fraction of sp³-hybridized carbons (Fsp3) is 0.208. The number of hydrogen-bond acceptors (Lipinski definition) is 1. The fourth-order valence-corrected chi connectivity index (χ4v) is 3.11. The molecule has 25 heavy (non-hydrogen) atoms. The molecule has 0 unspecified atom stereocenters. The molecule has 0 spiro atoms. The Morgan fingerprint density at radius 2 is 1.64 bits per heavy atom. The SMILES string of the molecule is N#Cc1ccc(CCc2ccccc2)c(CCCc2cc#ccc2)c1. The second-order valence-electron chi connectivity index (χ2n) is 6.28. The predicted octanol–water partition coefficient (Wildman–Crippen LogP) is 5.12. The Labute approximate surface area is 150 Å². The van der Waals surface area contributed by atoms with Crippen LogP contribution in [0.4, 0.5) is 0 Å². The fourth-order valence-electron chi connectivity index (χ4n) is 3.11. The zero-order chi connectivity index (χ0) is 17.3. The van der Waals surface area contributed by atoms with Gasteiger partial charge < -0.3 is 0 Å². The molecular weight excluding hydrogens is 302 g/mol. The Balaban J connectivity index is 1.66. The molecule has 0 amide bonds. The van der Waals surface area contributed by atoms with E-state index in [-0.39, 0.29) is 0 Å². The molecule has 3 rings (SSSR count). The molecule has 0 radical (unpaired) electrons. The summed E-state index contributed by atoms with van der Waals surface area (Å²) in [7, 11) is 0. The molecule has 1 nitrogen and oxygen atoms in total. The van der Waals surface area contributed by atoms with Gasteiger partial charge in [0.1, 0.15) is 0 Å². The molecule has 0 fully saturated rings. The number of rotatable bonds is 7. The molecule has 0 atom stereocenters. The van der Waals surface area contributed by atoms with Gasteiger partial charge in [-0.3, -0.25) is 0 Å². The van der Waals surface area contributed by atoms with E-state index in [1.165, 1.54) is 22.3 Å². The zero-order valence-corrected chi connectivity index (χ0v) is 14.3. The summed E-state index contributed by atoms with van der Waals surface area (Å²) in [6.07, 6.45) is 5.14. The van der Waals surface area contributed by atoms with Crippen LogP contribution in [0.25, 0.3) is 0 Å². The molecule has 0 aliphatic heterocycles. The monoisotopic (exact) mass is 323 g/mol. The molecular formula is C24H21N. The van der Waals surface area contributed by atoms with Crippen molar-refractivity contribution in [3.05, 3.63) is 107 Å². The molecule has 0 N–H and O–H groups in total. The summed E-state index contributed by atoms with van der Waals surface area (Å²) in [6, 6.07) is 30.9. The summed E-state index contributed by atoms with van der Waals surface area (Å²) >= 11 is 0. The summed E-state index contributed by atoms with van der Waals surface area (Å²) < 4.78 is 0. The largest absolute Gasteiger partial charge is 0.192 e. The number of nitriles is 1.